The minimum absolute atomic E-state index is 0.0478. The predicted molar refractivity (Wildman–Crippen MR) is 83.9 cm³/mol. The number of pyridine rings is 1. The summed E-state index contributed by atoms with van der Waals surface area (Å²) in [5.74, 6) is 0. The van der Waals surface area contributed by atoms with E-state index in [1.165, 1.54) is 6.26 Å². The Morgan fingerprint density at radius 3 is 2.62 bits per heavy atom. The molecule has 112 valence electrons. The second-order valence-electron chi connectivity index (χ2n) is 4.98. The van der Waals surface area contributed by atoms with Gasteiger partial charge in [-0.15, -0.1) is 0 Å². The SMILES string of the molecule is CCNC(Cc1ccccn1)c1cccc(S(C)(=O)=O)c1. The molecule has 0 amide bonds. The average molecular weight is 304 g/mol. The van der Waals surface area contributed by atoms with Crippen molar-refractivity contribution in [3.8, 4) is 0 Å². The van der Waals surface area contributed by atoms with Crippen LogP contribution < -0.4 is 5.32 Å². The van der Waals surface area contributed by atoms with Crippen molar-refractivity contribution in [2.75, 3.05) is 12.8 Å². The standard InChI is InChI=1S/C16H20N2O2S/c1-3-17-16(12-14-8-4-5-10-18-14)13-7-6-9-15(11-13)21(2,19)20/h4-11,16-17H,3,12H2,1-2H3. The molecule has 0 fully saturated rings. The van der Waals surface area contributed by atoms with Gasteiger partial charge in [0, 0.05) is 30.6 Å². The van der Waals surface area contributed by atoms with Gasteiger partial charge in [0.15, 0.2) is 9.84 Å². The third-order valence-electron chi connectivity index (χ3n) is 3.28. The Morgan fingerprint density at radius 2 is 2.00 bits per heavy atom. The highest BCUT2D eigenvalue weighted by molar-refractivity contribution is 7.90. The molecule has 5 heteroatoms. The maximum Gasteiger partial charge on any atom is 0.175 e. The van der Waals surface area contributed by atoms with E-state index < -0.39 is 9.84 Å². The smallest absolute Gasteiger partial charge is 0.175 e. The molecule has 0 aliphatic heterocycles. The lowest BCUT2D eigenvalue weighted by Gasteiger charge is -2.18. The highest BCUT2D eigenvalue weighted by Crippen LogP contribution is 2.20. The fourth-order valence-corrected chi connectivity index (χ4v) is 2.92. The van der Waals surface area contributed by atoms with E-state index in [0.717, 1.165) is 24.2 Å². The normalized spacial score (nSPS) is 13.0. The fraction of sp³-hybridized carbons (Fsp3) is 0.312. The van der Waals surface area contributed by atoms with Crippen molar-refractivity contribution in [2.24, 2.45) is 0 Å². The molecular formula is C16H20N2O2S. The van der Waals surface area contributed by atoms with Crippen LogP contribution in [0.3, 0.4) is 0 Å². The molecule has 1 heterocycles. The first kappa shape index (κ1) is 15.7. The molecule has 0 aliphatic rings. The van der Waals surface area contributed by atoms with Crippen molar-refractivity contribution >= 4 is 9.84 Å². The lowest BCUT2D eigenvalue weighted by Crippen LogP contribution is -2.23. The topological polar surface area (TPSA) is 59.1 Å². The van der Waals surface area contributed by atoms with Gasteiger partial charge in [0.05, 0.1) is 4.90 Å². The molecule has 0 aliphatic carbocycles. The van der Waals surface area contributed by atoms with Crippen LogP contribution in [0.25, 0.3) is 0 Å². The number of hydrogen-bond acceptors (Lipinski definition) is 4. The van der Waals surface area contributed by atoms with Crippen molar-refractivity contribution in [3.05, 3.63) is 59.9 Å². The highest BCUT2D eigenvalue weighted by atomic mass is 32.2. The summed E-state index contributed by atoms with van der Waals surface area (Å²) in [7, 11) is -3.19. The van der Waals surface area contributed by atoms with Gasteiger partial charge in [-0.25, -0.2) is 8.42 Å². The van der Waals surface area contributed by atoms with E-state index in [1.54, 1.807) is 24.4 Å². The van der Waals surface area contributed by atoms with Crippen LogP contribution in [0.1, 0.15) is 24.2 Å². The summed E-state index contributed by atoms with van der Waals surface area (Å²) < 4.78 is 23.4. The van der Waals surface area contributed by atoms with E-state index >= 15 is 0 Å². The molecule has 4 nitrogen and oxygen atoms in total. The van der Waals surface area contributed by atoms with E-state index in [1.807, 2.05) is 31.2 Å². The van der Waals surface area contributed by atoms with Gasteiger partial charge in [0.25, 0.3) is 0 Å². The maximum absolute atomic E-state index is 11.7. The number of rotatable bonds is 6. The van der Waals surface area contributed by atoms with Crippen LogP contribution in [0, 0.1) is 0 Å². The van der Waals surface area contributed by atoms with Crippen molar-refractivity contribution < 1.29 is 8.42 Å². The lowest BCUT2D eigenvalue weighted by atomic mass is 10.0. The van der Waals surface area contributed by atoms with E-state index in [4.69, 9.17) is 0 Å². The van der Waals surface area contributed by atoms with Crippen LogP contribution >= 0.6 is 0 Å². The molecule has 0 bridgehead atoms. The first-order valence-electron chi connectivity index (χ1n) is 6.94. The van der Waals surface area contributed by atoms with Crippen LogP contribution in [0.2, 0.25) is 0 Å². The second kappa shape index (κ2) is 6.83. The van der Waals surface area contributed by atoms with Gasteiger partial charge in [0.1, 0.15) is 0 Å². The fourth-order valence-electron chi connectivity index (χ4n) is 2.24. The number of likely N-dealkylation sites (N-methyl/N-ethyl adjacent to an activating group) is 1. The molecule has 1 unspecified atom stereocenters. The van der Waals surface area contributed by atoms with E-state index in [0.29, 0.717) is 4.90 Å². The third kappa shape index (κ3) is 4.37. The summed E-state index contributed by atoms with van der Waals surface area (Å²) in [4.78, 5) is 4.69. The molecule has 2 rings (SSSR count). The zero-order valence-electron chi connectivity index (χ0n) is 12.3. The van der Waals surface area contributed by atoms with Gasteiger partial charge in [-0.05, 0) is 36.4 Å². The minimum Gasteiger partial charge on any atom is -0.310 e. The maximum atomic E-state index is 11.7. The first-order valence-corrected chi connectivity index (χ1v) is 8.83. The monoisotopic (exact) mass is 304 g/mol. The molecule has 0 saturated heterocycles. The summed E-state index contributed by atoms with van der Waals surface area (Å²) in [6.07, 6.45) is 3.72. The van der Waals surface area contributed by atoms with Gasteiger partial charge in [-0.1, -0.05) is 25.1 Å². The number of nitrogens with zero attached hydrogens (tertiary/aromatic N) is 1. The molecule has 0 spiro atoms. The van der Waals surface area contributed by atoms with Crippen LogP contribution in [0.15, 0.2) is 53.6 Å². The summed E-state index contributed by atoms with van der Waals surface area (Å²) in [6.45, 7) is 2.84. The summed E-state index contributed by atoms with van der Waals surface area (Å²) in [5.41, 5.74) is 1.94. The number of nitrogens with one attached hydrogen (secondary N) is 1. The Morgan fingerprint density at radius 1 is 1.19 bits per heavy atom. The number of aromatic nitrogens is 1. The Hall–Kier alpha value is -1.72. The highest BCUT2D eigenvalue weighted by Gasteiger charge is 2.15. The Labute approximate surface area is 126 Å². The van der Waals surface area contributed by atoms with Crippen LogP contribution in [0.5, 0.6) is 0 Å². The molecule has 1 aromatic heterocycles. The molecule has 1 aromatic carbocycles. The molecular weight excluding hydrogens is 284 g/mol. The quantitative estimate of drug-likeness (QED) is 0.890. The first-order chi connectivity index (χ1) is 10.0. The van der Waals surface area contributed by atoms with Crippen molar-refractivity contribution in [1.82, 2.24) is 10.3 Å². The average Bonchev–Trinajstić information content (AvgIpc) is 2.47. The molecule has 1 atom stereocenters. The predicted octanol–water partition coefficient (Wildman–Crippen LogP) is 2.38. The summed E-state index contributed by atoms with van der Waals surface area (Å²) in [5, 5.41) is 3.39. The van der Waals surface area contributed by atoms with Gasteiger partial charge in [-0.3, -0.25) is 4.98 Å². The number of hydrogen-bond donors (Lipinski definition) is 1. The summed E-state index contributed by atoms with van der Waals surface area (Å²) >= 11 is 0. The van der Waals surface area contributed by atoms with Crippen molar-refractivity contribution in [3.63, 3.8) is 0 Å². The van der Waals surface area contributed by atoms with Gasteiger partial charge in [-0.2, -0.15) is 0 Å². The van der Waals surface area contributed by atoms with Crippen LogP contribution in [-0.4, -0.2) is 26.2 Å². The molecule has 0 radical (unpaired) electrons. The molecule has 0 saturated carbocycles. The molecule has 2 aromatic rings. The molecule has 21 heavy (non-hydrogen) atoms. The van der Waals surface area contributed by atoms with Crippen molar-refractivity contribution in [2.45, 2.75) is 24.3 Å². The minimum atomic E-state index is -3.19. The van der Waals surface area contributed by atoms with Crippen molar-refractivity contribution in [1.29, 1.82) is 0 Å². The van der Waals surface area contributed by atoms with E-state index in [9.17, 15) is 8.42 Å². The Balaban J connectivity index is 2.30. The van der Waals surface area contributed by atoms with Gasteiger partial charge in [0.2, 0.25) is 0 Å². The van der Waals surface area contributed by atoms with Gasteiger partial charge >= 0.3 is 0 Å². The Bertz CT molecular complexity index is 684. The van der Waals surface area contributed by atoms with Gasteiger partial charge < -0.3 is 5.32 Å². The second-order valence-corrected chi connectivity index (χ2v) is 7.00. The number of benzene rings is 1. The van der Waals surface area contributed by atoms with E-state index in [-0.39, 0.29) is 6.04 Å². The lowest BCUT2D eigenvalue weighted by molar-refractivity contribution is 0.542. The number of sulfone groups is 1. The van der Waals surface area contributed by atoms with Crippen LogP contribution in [-0.2, 0) is 16.3 Å². The van der Waals surface area contributed by atoms with Crippen LogP contribution in [0.4, 0.5) is 0 Å². The molecule has 1 N–H and O–H groups in total. The largest absolute Gasteiger partial charge is 0.310 e. The van der Waals surface area contributed by atoms with E-state index in [2.05, 4.69) is 10.3 Å². The third-order valence-corrected chi connectivity index (χ3v) is 4.39. The Kier molecular flexibility index (Phi) is 5.09. The zero-order valence-corrected chi connectivity index (χ0v) is 13.1. The summed E-state index contributed by atoms with van der Waals surface area (Å²) in [6, 6.07) is 13.0. The zero-order chi connectivity index (χ0) is 15.3.